The molecule has 0 fully saturated rings. The van der Waals surface area contributed by atoms with Crippen molar-refractivity contribution in [3.63, 3.8) is 0 Å². The number of rotatable bonds is 5. The summed E-state index contributed by atoms with van der Waals surface area (Å²) in [6.45, 7) is 0.615. The number of nitrogens with one attached hydrogen (secondary N) is 1. The fourth-order valence-electron chi connectivity index (χ4n) is 2.77. The van der Waals surface area contributed by atoms with E-state index in [1.54, 1.807) is 24.8 Å². The lowest BCUT2D eigenvalue weighted by molar-refractivity contribution is 0.921. The van der Waals surface area contributed by atoms with E-state index in [1.807, 2.05) is 54.2 Å². The van der Waals surface area contributed by atoms with Crippen LogP contribution in [-0.4, -0.2) is 24.5 Å². The van der Waals surface area contributed by atoms with Crippen LogP contribution in [0.4, 0.5) is 5.95 Å². The van der Waals surface area contributed by atoms with Crippen LogP contribution in [-0.2, 0) is 13.6 Å². The molecule has 3 aromatic heterocycles. The smallest absolute Gasteiger partial charge is 0.223 e. The molecule has 134 valence electrons. The summed E-state index contributed by atoms with van der Waals surface area (Å²) in [6.07, 6.45) is 8.99. The fraction of sp³-hybridized carbons (Fsp3) is 0.100. The van der Waals surface area contributed by atoms with Crippen molar-refractivity contribution in [2.24, 2.45) is 7.05 Å². The number of pyridine rings is 1. The summed E-state index contributed by atoms with van der Waals surface area (Å²) in [5.74, 6) is 1.36. The summed E-state index contributed by atoms with van der Waals surface area (Å²) in [6, 6.07) is 11.5. The first kappa shape index (κ1) is 17.2. The number of halogens is 1. The number of aromatic nitrogens is 5. The van der Waals surface area contributed by atoms with Crippen LogP contribution in [0.5, 0.6) is 0 Å². The summed E-state index contributed by atoms with van der Waals surface area (Å²) in [4.78, 5) is 17.7. The number of hydrogen-bond donors (Lipinski definition) is 1. The van der Waals surface area contributed by atoms with Crippen molar-refractivity contribution >= 4 is 17.5 Å². The Hall–Kier alpha value is -3.25. The van der Waals surface area contributed by atoms with Crippen LogP contribution in [0.3, 0.4) is 0 Å². The number of nitrogens with zero attached hydrogens (tertiary/aromatic N) is 5. The molecular formula is C20H17ClN6. The molecule has 7 heteroatoms. The Bertz CT molecular complexity index is 1040. The molecule has 0 bridgehead atoms. The minimum atomic E-state index is 0.551. The highest BCUT2D eigenvalue weighted by molar-refractivity contribution is 6.30. The normalized spacial score (nSPS) is 10.7. The van der Waals surface area contributed by atoms with Gasteiger partial charge in [0, 0.05) is 55.2 Å². The molecule has 27 heavy (non-hydrogen) atoms. The molecule has 0 aliphatic heterocycles. The third kappa shape index (κ3) is 3.80. The zero-order valence-electron chi connectivity index (χ0n) is 14.7. The van der Waals surface area contributed by atoms with Gasteiger partial charge in [-0.05, 0) is 29.8 Å². The topological polar surface area (TPSA) is 68.5 Å². The molecule has 0 spiro atoms. The minimum Gasteiger partial charge on any atom is -0.350 e. The van der Waals surface area contributed by atoms with Gasteiger partial charge >= 0.3 is 0 Å². The third-order valence-corrected chi connectivity index (χ3v) is 4.42. The van der Waals surface area contributed by atoms with E-state index in [4.69, 9.17) is 16.6 Å². The zero-order chi connectivity index (χ0) is 18.6. The molecule has 0 radical (unpaired) electrons. The Labute approximate surface area is 161 Å². The summed E-state index contributed by atoms with van der Waals surface area (Å²) in [5, 5.41) is 3.95. The predicted molar refractivity (Wildman–Crippen MR) is 106 cm³/mol. The van der Waals surface area contributed by atoms with E-state index in [-0.39, 0.29) is 0 Å². The third-order valence-electron chi connectivity index (χ3n) is 4.17. The lowest BCUT2D eigenvalue weighted by atomic mass is 10.1. The molecular weight excluding hydrogens is 360 g/mol. The van der Waals surface area contributed by atoms with Crippen LogP contribution in [0, 0.1) is 0 Å². The first-order chi connectivity index (χ1) is 13.2. The van der Waals surface area contributed by atoms with Crippen molar-refractivity contribution in [2.75, 3.05) is 5.32 Å². The summed E-state index contributed by atoms with van der Waals surface area (Å²) >= 11 is 6.05. The molecule has 0 saturated heterocycles. The van der Waals surface area contributed by atoms with E-state index in [0.29, 0.717) is 17.5 Å². The van der Waals surface area contributed by atoms with Crippen LogP contribution < -0.4 is 5.32 Å². The van der Waals surface area contributed by atoms with Crippen molar-refractivity contribution in [2.45, 2.75) is 6.54 Å². The number of hydrogen-bond acceptors (Lipinski definition) is 5. The van der Waals surface area contributed by atoms with E-state index in [1.165, 1.54) is 0 Å². The van der Waals surface area contributed by atoms with Gasteiger partial charge < -0.3 is 9.88 Å². The van der Waals surface area contributed by atoms with Crippen molar-refractivity contribution < 1.29 is 0 Å². The predicted octanol–water partition coefficient (Wildman–Crippen LogP) is 4.20. The van der Waals surface area contributed by atoms with Crippen LogP contribution in [0.2, 0.25) is 5.02 Å². The highest BCUT2D eigenvalue weighted by atomic mass is 35.5. The van der Waals surface area contributed by atoms with Gasteiger partial charge in [-0.3, -0.25) is 4.98 Å². The molecule has 1 N–H and O–H groups in total. The van der Waals surface area contributed by atoms with Gasteiger partial charge in [0.25, 0.3) is 0 Å². The highest BCUT2D eigenvalue weighted by Gasteiger charge is 2.15. The monoisotopic (exact) mass is 376 g/mol. The lowest BCUT2D eigenvalue weighted by Crippen LogP contribution is -2.06. The van der Waals surface area contributed by atoms with E-state index in [9.17, 15) is 0 Å². The van der Waals surface area contributed by atoms with Crippen molar-refractivity contribution in [1.29, 1.82) is 0 Å². The van der Waals surface area contributed by atoms with Crippen molar-refractivity contribution in [3.05, 3.63) is 78.0 Å². The maximum Gasteiger partial charge on any atom is 0.223 e. The summed E-state index contributed by atoms with van der Waals surface area (Å²) in [5.41, 5.74) is 3.72. The molecule has 0 atom stereocenters. The number of anilines is 1. The number of imidazole rings is 1. The van der Waals surface area contributed by atoms with Gasteiger partial charge in [-0.15, -0.1) is 0 Å². The van der Waals surface area contributed by atoms with Gasteiger partial charge in [-0.2, -0.15) is 0 Å². The second-order valence-electron chi connectivity index (χ2n) is 6.03. The summed E-state index contributed by atoms with van der Waals surface area (Å²) in [7, 11) is 1.95. The van der Waals surface area contributed by atoms with Crippen LogP contribution >= 0.6 is 11.6 Å². The Morgan fingerprint density at radius 3 is 2.48 bits per heavy atom. The maximum absolute atomic E-state index is 6.05. The molecule has 1 aromatic carbocycles. The Kier molecular flexibility index (Phi) is 4.80. The van der Waals surface area contributed by atoms with Crippen LogP contribution in [0.15, 0.2) is 67.4 Å². The van der Waals surface area contributed by atoms with Crippen LogP contribution in [0.25, 0.3) is 22.6 Å². The quantitative estimate of drug-likeness (QED) is 0.565. The zero-order valence-corrected chi connectivity index (χ0v) is 15.4. The molecule has 6 nitrogen and oxygen atoms in total. The molecule has 0 unspecified atom stereocenters. The molecule has 0 saturated carbocycles. The van der Waals surface area contributed by atoms with Gasteiger partial charge in [-0.1, -0.05) is 23.7 Å². The number of aryl methyl sites for hydroxylation is 1. The SMILES string of the molecule is Cn1ccnc1-c1cnc(NCc2ccncc2)nc1-c1ccc(Cl)cc1. The average Bonchev–Trinajstić information content (AvgIpc) is 3.13. The standard InChI is InChI=1S/C20H17ClN6/c1-27-11-10-23-19(27)17-13-25-20(24-12-14-6-8-22-9-7-14)26-18(17)15-2-4-16(21)5-3-15/h2-11,13H,12H2,1H3,(H,24,25,26). The molecule has 0 aliphatic rings. The average molecular weight is 377 g/mol. The Balaban J connectivity index is 1.72. The summed E-state index contributed by atoms with van der Waals surface area (Å²) < 4.78 is 1.95. The minimum absolute atomic E-state index is 0.551. The Morgan fingerprint density at radius 2 is 1.78 bits per heavy atom. The molecule has 0 aliphatic carbocycles. The Morgan fingerprint density at radius 1 is 1.00 bits per heavy atom. The largest absolute Gasteiger partial charge is 0.350 e. The maximum atomic E-state index is 6.05. The van der Waals surface area contributed by atoms with Gasteiger partial charge in [0.05, 0.1) is 11.3 Å². The van der Waals surface area contributed by atoms with E-state index >= 15 is 0 Å². The molecule has 3 heterocycles. The fourth-order valence-corrected chi connectivity index (χ4v) is 2.89. The van der Waals surface area contributed by atoms with Crippen molar-refractivity contribution in [1.82, 2.24) is 24.5 Å². The van der Waals surface area contributed by atoms with Crippen molar-refractivity contribution in [3.8, 4) is 22.6 Å². The lowest BCUT2D eigenvalue weighted by Gasteiger charge is -2.12. The van der Waals surface area contributed by atoms with E-state index < -0.39 is 0 Å². The van der Waals surface area contributed by atoms with Gasteiger partial charge in [0.2, 0.25) is 5.95 Å². The van der Waals surface area contributed by atoms with Crippen LogP contribution in [0.1, 0.15) is 5.56 Å². The molecule has 4 aromatic rings. The van der Waals surface area contributed by atoms with E-state index in [2.05, 4.69) is 20.3 Å². The first-order valence-electron chi connectivity index (χ1n) is 8.44. The van der Waals surface area contributed by atoms with Gasteiger partial charge in [-0.25, -0.2) is 15.0 Å². The number of benzene rings is 1. The molecule has 4 rings (SSSR count). The van der Waals surface area contributed by atoms with E-state index in [0.717, 1.165) is 28.2 Å². The van der Waals surface area contributed by atoms with Gasteiger partial charge in [0.15, 0.2) is 0 Å². The highest BCUT2D eigenvalue weighted by Crippen LogP contribution is 2.30. The first-order valence-corrected chi connectivity index (χ1v) is 8.82. The second-order valence-corrected chi connectivity index (χ2v) is 6.47. The molecule has 0 amide bonds. The second kappa shape index (κ2) is 7.55. The van der Waals surface area contributed by atoms with Gasteiger partial charge in [0.1, 0.15) is 5.82 Å².